The molecule has 28 heavy (non-hydrogen) atoms. The maximum Gasteiger partial charge on any atom is 0.316 e. The van der Waals surface area contributed by atoms with E-state index in [9.17, 15) is 9.59 Å². The Hall–Kier alpha value is -2.78. The van der Waals surface area contributed by atoms with Crippen molar-refractivity contribution in [2.75, 3.05) is 18.9 Å². The maximum atomic E-state index is 12.3. The molecule has 1 aliphatic rings. The molecule has 142 valence electrons. The fourth-order valence-electron chi connectivity index (χ4n) is 2.74. The molecule has 0 atom stereocenters. The van der Waals surface area contributed by atoms with Crippen LogP contribution in [0.1, 0.15) is 12.0 Å². The minimum atomic E-state index is -0.466. The number of amides is 1. The monoisotopic (exact) mass is 412 g/mol. The summed E-state index contributed by atoms with van der Waals surface area (Å²) in [4.78, 5) is 33.5. The van der Waals surface area contributed by atoms with Crippen LogP contribution in [0.25, 0.3) is 10.2 Å². The summed E-state index contributed by atoms with van der Waals surface area (Å²) in [5.74, 6) is -0.716. The van der Waals surface area contributed by atoms with Gasteiger partial charge in [-0.25, -0.2) is 15.0 Å². The minimum Gasteiger partial charge on any atom is -0.455 e. The zero-order valence-electron chi connectivity index (χ0n) is 14.8. The zero-order valence-corrected chi connectivity index (χ0v) is 16.4. The number of rotatable bonds is 6. The molecule has 7 nitrogen and oxygen atoms in total. The van der Waals surface area contributed by atoms with Crippen LogP contribution in [-0.4, -0.2) is 51.5 Å². The molecule has 0 radical (unpaired) electrons. The van der Waals surface area contributed by atoms with E-state index >= 15 is 0 Å². The van der Waals surface area contributed by atoms with Crippen molar-refractivity contribution in [3.63, 3.8) is 0 Å². The Morgan fingerprint density at radius 2 is 2.04 bits per heavy atom. The molecule has 0 fully saturated rings. The first-order valence-corrected chi connectivity index (χ1v) is 10.5. The van der Waals surface area contributed by atoms with Gasteiger partial charge in [0.1, 0.15) is 16.2 Å². The third-order valence-electron chi connectivity index (χ3n) is 4.11. The molecule has 0 unspecified atom stereocenters. The number of ether oxygens (including phenoxy) is 1. The maximum absolute atomic E-state index is 12.3. The number of esters is 1. The fourth-order valence-corrected chi connectivity index (χ4v) is 4.32. The van der Waals surface area contributed by atoms with Crippen LogP contribution in [0.3, 0.4) is 0 Å². The Morgan fingerprint density at radius 3 is 2.89 bits per heavy atom. The predicted octanol–water partition coefficient (Wildman–Crippen LogP) is 2.96. The molecule has 0 aliphatic carbocycles. The molecule has 0 saturated carbocycles. The second-order valence-corrected chi connectivity index (χ2v) is 7.81. The van der Waals surface area contributed by atoms with E-state index in [1.165, 1.54) is 34.4 Å². The summed E-state index contributed by atoms with van der Waals surface area (Å²) in [5, 5.41) is 9.29. The Balaban J connectivity index is 1.27. The van der Waals surface area contributed by atoms with Crippen molar-refractivity contribution in [3.05, 3.63) is 53.7 Å². The number of carbonyl (C=O) groups is 2. The normalized spacial score (nSPS) is 13.6. The van der Waals surface area contributed by atoms with Gasteiger partial charge in [0.25, 0.3) is 5.91 Å². The number of hydrogen-bond acceptors (Lipinski definition) is 8. The SMILES string of the molecule is O=C(CSc1ncnc2sccc12)OCC(=O)N1CCC(c2ccccc2)=N1. The van der Waals surface area contributed by atoms with Crippen LogP contribution in [0.2, 0.25) is 0 Å². The first-order valence-electron chi connectivity index (χ1n) is 8.60. The quantitative estimate of drug-likeness (QED) is 0.352. The molecule has 3 aromatic rings. The van der Waals surface area contributed by atoms with Gasteiger partial charge in [0.2, 0.25) is 0 Å². The van der Waals surface area contributed by atoms with E-state index in [1.54, 1.807) is 0 Å². The summed E-state index contributed by atoms with van der Waals surface area (Å²) in [6, 6.07) is 11.6. The van der Waals surface area contributed by atoms with Gasteiger partial charge >= 0.3 is 5.97 Å². The number of thioether (sulfide) groups is 1. The lowest BCUT2D eigenvalue weighted by molar-refractivity contribution is -0.149. The Kier molecular flexibility index (Phi) is 5.63. The average molecular weight is 412 g/mol. The van der Waals surface area contributed by atoms with Crippen molar-refractivity contribution < 1.29 is 14.3 Å². The highest BCUT2D eigenvalue weighted by molar-refractivity contribution is 8.00. The van der Waals surface area contributed by atoms with Crippen LogP contribution in [0.4, 0.5) is 0 Å². The second-order valence-electron chi connectivity index (χ2n) is 5.95. The molecule has 0 N–H and O–H groups in total. The highest BCUT2D eigenvalue weighted by Crippen LogP contribution is 2.27. The lowest BCUT2D eigenvalue weighted by atomic mass is 10.1. The molecular formula is C19H16N4O3S2. The van der Waals surface area contributed by atoms with Crippen molar-refractivity contribution in [1.82, 2.24) is 15.0 Å². The van der Waals surface area contributed by atoms with Gasteiger partial charge in [0.15, 0.2) is 6.61 Å². The van der Waals surface area contributed by atoms with E-state index in [1.807, 2.05) is 41.8 Å². The lowest BCUT2D eigenvalue weighted by Crippen LogP contribution is -2.29. The Morgan fingerprint density at radius 1 is 1.18 bits per heavy atom. The van der Waals surface area contributed by atoms with E-state index in [0.29, 0.717) is 13.0 Å². The van der Waals surface area contributed by atoms with Gasteiger partial charge in [-0.2, -0.15) is 5.10 Å². The molecule has 2 aromatic heterocycles. The van der Waals surface area contributed by atoms with Crippen molar-refractivity contribution >= 4 is 50.9 Å². The second kappa shape index (κ2) is 8.49. The van der Waals surface area contributed by atoms with Gasteiger partial charge < -0.3 is 4.74 Å². The first-order chi connectivity index (χ1) is 13.7. The van der Waals surface area contributed by atoms with Crippen LogP contribution >= 0.6 is 23.1 Å². The van der Waals surface area contributed by atoms with Crippen molar-refractivity contribution in [2.45, 2.75) is 11.4 Å². The number of carbonyl (C=O) groups excluding carboxylic acids is 2. The highest BCUT2D eigenvalue weighted by Gasteiger charge is 2.22. The molecule has 0 saturated heterocycles. The lowest BCUT2D eigenvalue weighted by Gasteiger charge is -2.11. The van der Waals surface area contributed by atoms with E-state index in [4.69, 9.17) is 4.74 Å². The van der Waals surface area contributed by atoms with Gasteiger partial charge in [-0.1, -0.05) is 42.1 Å². The van der Waals surface area contributed by atoms with E-state index in [-0.39, 0.29) is 18.3 Å². The molecule has 1 aliphatic heterocycles. The van der Waals surface area contributed by atoms with Crippen LogP contribution in [0, 0.1) is 0 Å². The molecule has 1 amide bonds. The van der Waals surface area contributed by atoms with Crippen molar-refractivity contribution in [1.29, 1.82) is 0 Å². The third-order valence-corrected chi connectivity index (χ3v) is 5.90. The van der Waals surface area contributed by atoms with Gasteiger partial charge in [0.05, 0.1) is 18.0 Å². The molecule has 9 heteroatoms. The summed E-state index contributed by atoms with van der Waals surface area (Å²) in [6.07, 6.45) is 2.16. The summed E-state index contributed by atoms with van der Waals surface area (Å²) in [5.41, 5.74) is 1.86. The molecule has 1 aromatic carbocycles. The van der Waals surface area contributed by atoms with Crippen molar-refractivity contribution in [3.8, 4) is 0 Å². The minimum absolute atomic E-state index is 0.0772. The summed E-state index contributed by atoms with van der Waals surface area (Å²) in [7, 11) is 0. The molecule has 3 heterocycles. The summed E-state index contributed by atoms with van der Waals surface area (Å²) in [6.45, 7) is 0.176. The average Bonchev–Trinajstić information content (AvgIpc) is 3.41. The number of fused-ring (bicyclic) bond motifs is 1. The highest BCUT2D eigenvalue weighted by atomic mass is 32.2. The topological polar surface area (TPSA) is 84.8 Å². The number of aromatic nitrogens is 2. The van der Waals surface area contributed by atoms with E-state index in [2.05, 4.69) is 15.1 Å². The van der Waals surface area contributed by atoms with Gasteiger partial charge in [-0.15, -0.1) is 11.3 Å². The third kappa shape index (κ3) is 4.20. The predicted molar refractivity (Wildman–Crippen MR) is 108 cm³/mol. The molecule has 0 spiro atoms. The Labute approximate surface area is 169 Å². The van der Waals surface area contributed by atoms with Gasteiger partial charge in [-0.05, 0) is 17.0 Å². The number of nitrogens with zero attached hydrogens (tertiary/aromatic N) is 4. The molecule has 4 rings (SSSR count). The molecular weight excluding hydrogens is 396 g/mol. The van der Waals surface area contributed by atoms with Crippen molar-refractivity contribution in [2.24, 2.45) is 5.10 Å². The zero-order chi connectivity index (χ0) is 19.3. The van der Waals surface area contributed by atoms with Crippen LogP contribution in [0.5, 0.6) is 0 Å². The van der Waals surface area contributed by atoms with E-state index in [0.717, 1.165) is 26.5 Å². The van der Waals surface area contributed by atoms with E-state index < -0.39 is 5.97 Å². The Bertz CT molecular complexity index is 1040. The number of hydrazone groups is 1. The van der Waals surface area contributed by atoms with Crippen LogP contribution in [0.15, 0.2) is 58.2 Å². The van der Waals surface area contributed by atoms with Crippen LogP contribution < -0.4 is 0 Å². The fraction of sp³-hybridized carbons (Fsp3) is 0.211. The number of hydrogen-bond donors (Lipinski definition) is 0. The van der Waals surface area contributed by atoms with Gasteiger partial charge in [-0.3, -0.25) is 9.59 Å². The largest absolute Gasteiger partial charge is 0.455 e. The summed E-state index contributed by atoms with van der Waals surface area (Å²) < 4.78 is 5.11. The first kappa shape index (κ1) is 18.6. The number of thiophene rings is 1. The standard InChI is InChI=1S/C19H16N4O3S2/c24-16(23-8-6-15(22-23)13-4-2-1-3-5-13)10-26-17(25)11-28-19-14-7-9-27-18(14)20-12-21-19/h1-5,7,9,12H,6,8,10-11H2. The smallest absolute Gasteiger partial charge is 0.316 e. The van der Waals surface area contributed by atoms with Gasteiger partial charge in [0, 0.05) is 11.8 Å². The van der Waals surface area contributed by atoms with Crippen LogP contribution in [-0.2, 0) is 14.3 Å². The molecule has 0 bridgehead atoms. The number of benzene rings is 1. The summed E-state index contributed by atoms with van der Waals surface area (Å²) >= 11 is 2.79.